The van der Waals surface area contributed by atoms with E-state index in [9.17, 15) is 9.59 Å². The molecule has 2 saturated heterocycles. The Morgan fingerprint density at radius 3 is 2.39 bits per heavy atom. The molecule has 1 aromatic carbocycles. The van der Waals surface area contributed by atoms with E-state index >= 15 is 0 Å². The number of anilines is 1. The number of carbonyl (C=O) groups is 2. The monoisotopic (exact) mass is 315 g/mol. The van der Waals surface area contributed by atoms with Gasteiger partial charge < -0.3 is 10.2 Å². The predicted octanol–water partition coefficient (Wildman–Crippen LogP) is 2.93. The zero-order chi connectivity index (χ0) is 16.2. The molecule has 1 aromatic rings. The summed E-state index contributed by atoms with van der Waals surface area (Å²) in [6, 6.07) is 5.60. The van der Waals surface area contributed by atoms with Crippen LogP contribution in [0.5, 0.6) is 0 Å². The van der Waals surface area contributed by atoms with Gasteiger partial charge in [-0.05, 0) is 37.5 Å². The van der Waals surface area contributed by atoms with Crippen LogP contribution in [0.1, 0.15) is 48.0 Å². The van der Waals surface area contributed by atoms with Gasteiger partial charge in [-0.1, -0.05) is 25.3 Å². The Labute approximate surface area is 137 Å². The van der Waals surface area contributed by atoms with Crippen LogP contribution in [-0.2, 0) is 0 Å². The third-order valence-electron chi connectivity index (χ3n) is 4.83. The number of rotatable bonds is 2. The lowest BCUT2D eigenvalue weighted by atomic mass is 10.0. The summed E-state index contributed by atoms with van der Waals surface area (Å²) in [7, 11) is 0. The van der Waals surface area contributed by atoms with Gasteiger partial charge in [-0.25, -0.2) is 4.79 Å². The third-order valence-corrected chi connectivity index (χ3v) is 4.83. The smallest absolute Gasteiger partial charge is 0.322 e. The fourth-order valence-corrected chi connectivity index (χ4v) is 3.47. The summed E-state index contributed by atoms with van der Waals surface area (Å²) in [5.74, 6) is 0.103. The average Bonchev–Trinajstić information content (AvgIpc) is 2.93. The Morgan fingerprint density at radius 2 is 1.74 bits per heavy atom. The summed E-state index contributed by atoms with van der Waals surface area (Å²) >= 11 is 0. The zero-order valence-electron chi connectivity index (χ0n) is 13.8. The molecular weight excluding hydrogens is 290 g/mol. The van der Waals surface area contributed by atoms with Crippen LogP contribution < -0.4 is 10.2 Å². The fraction of sp³-hybridized carbons (Fsp3) is 0.556. The van der Waals surface area contributed by atoms with Crippen LogP contribution in [0.3, 0.4) is 0 Å². The first-order chi connectivity index (χ1) is 11.2. The molecule has 2 aliphatic rings. The van der Waals surface area contributed by atoms with Crippen LogP contribution in [-0.4, -0.2) is 43.0 Å². The van der Waals surface area contributed by atoms with Crippen molar-refractivity contribution >= 4 is 17.6 Å². The summed E-state index contributed by atoms with van der Waals surface area (Å²) in [6.07, 6.45) is 5.85. The fourth-order valence-electron chi connectivity index (χ4n) is 3.47. The van der Waals surface area contributed by atoms with Crippen molar-refractivity contribution in [2.24, 2.45) is 0 Å². The van der Waals surface area contributed by atoms with Gasteiger partial charge >= 0.3 is 6.03 Å². The van der Waals surface area contributed by atoms with Crippen LogP contribution in [0.25, 0.3) is 0 Å². The lowest BCUT2D eigenvalue weighted by Crippen LogP contribution is -2.35. The quantitative estimate of drug-likeness (QED) is 0.912. The molecule has 0 atom stereocenters. The Kier molecular flexibility index (Phi) is 4.84. The molecule has 0 unspecified atom stereocenters. The van der Waals surface area contributed by atoms with Crippen molar-refractivity contribution in [2.45, 2.75) is 39.0 Å². The van der Waals surface area contributed by atoms with Gasteiger partial charge in [-0.15, -0.1) is 0 Å². The molecule has 1 N–H and O–H groups in total. The van der Waals surface area contributed by atoms with E-state index in [1.165, 1.54) is 19.3 Å². The highest BCUT2D eigenvalue weighted by Gasteiger charge is 2.25. The van der Waals surface area contributed by atoms with Crippen LogP contribution in [0.4, 0.5) is 10.5 Å². The van der Waals surface area contributed by atoms with E-state index in [1.807, 2.05) is 30.0 Å². The summed E-state index contributed by atoms with van der Waals surface area (Å²) < 4.78 is 0. The first-order valence-electron chi connectivity index (χ1n) is 8.63. The zero-order valence-corrected chi connectivity index (χ0v) is 13.8. The van der Waals surface area contributed by atoms with E-state index in [2.05, 4.69) is 5.32 Å². The van der Waals surface area contributed by atoms with Gasteiger partial charge in [0.15, 0.2) is 0 Å². The lowest BCUT2D eigenvalue weighted by molar-refractivity contribution is 0.0741. The Bertz CT molecular complexity index is 592. The molecule has 0 aromatic heterocycles. The second kappa shape index (κ2) is 7.02. The first kappa shape index (κ1) is 15.8. The van der Waals surface area contributed by atoms with Gasteiger partial charge in [-0.3, -0.25) is 9.69 Å². The summed E-state index contributed by atoms with van der Waals surface area (Å²) in [4.78, 5) is 28.6. The predicted molar refractivity (Wildman–Crippen MR) is 90.9 cm³/mol. The van der Waals surface area contributed by atoms with Crippen LogP contribution in [0.2, 0.25) is 0 Å². The van der Waals surface area contributed by atoms with Crippen molar-refractivity contribution in [3.8, 4) is 0 Å². The first-order valence-corrected chi connectivity index (χ1v) is 8.63. The molecule has 0 saturated carbocycles. The molecule has 0 spiro atoms. The minimum atomic E-state index is -0.0797. The number of carbonyl (C=O) groups excluding carboxylic acids is 2. The highest BCUT2D eigenvalue weighted by molar-refractivity contribution is 6.00. The second-order valence-corrected chi connectivity index (χ2v) is 6.39. The molecule has 5 nitrogen and oxygen atoms in total. The number of benzene rings is 1. The van der Waals surface area contributed by atoms with Crippen molar-refractivity contribution in [3.05, 3.63) is 29.3 Å². The molecule has 0 radical (unpaired) electrons. The van der Waals surface area contributed by atoms with Crippen LogP contribution in [0, 0.1) is 6.92 Å². The van der Waals surface area contributed by atoms with E-state index < -0.39 is 0 Å². The SMILES string of the molecule is Cc1c(C(=O)N2CCCCCCC2)cccc1N1CCNC1=O. The number of urea groups is 1. The molecule has 23 heavy (non-hydrogen) atoms. The molecule has 2 heterocycles. The number of nitrogens with zero attached hydrogens (tertiary/aromatic N) is 2. The maximum Gasteiger partial charge on any atom is 0.322 e. The highest BCUT2D eigenvalue weighted by atomic mass is 16.2. The number of hydrogen-bond acceptors (Lipinski definition) is 2. The minimum absolute atomic E-state index is 0.0797. The normalized spacial score (nSPS) is 19.3. The number of nitrogens with one attached hydrogen (secondary N) is 1. The van der Waals surface area contributed by atoms with Gasteiger partial charge in [-0.2, -0.15) is 0 Å². The summed E-state index contributed by atoms with van der Waals surface area (Å²) in [5.41, 5.74) is 2.47. The van der Waals surface area contributed by atoms with Gasteiger partial charge in [0.1, 0.15) is 0 Å². The molecule has 0 aliphatic carbocycles. The lowest BCUT2D eigenvalue weighted by Gasteiger charge is -2.26. The number of amides is 3. The molecule has 3 rings (SSSR count). The molecular formula is C18H25N3O2. The number of hydrogen-bond donors (Lipinski definition) is 1. The number of likely N-dealkylation sites (tertiary alicyclic amines) is 1. The van der Waals surface area contributed by atoms with Crippen LogP contribution in [0.15, 0.2) is 18.2 Å². The molecule has 2 fully saturated rings. The van der Waals surface area contributed by atoms with Crippen molar-refractivity contribution in [1.82, 2.24) is 10.2 Å². The molecule has 2 aliphatic heterocycles. The average molecular weight is 315 g/mol. The Morgan fingerprint density at radius 1 is 1.04 bits per heavy atom. The van der Waals surface area contributed by atoms with Crippen molar-refractivity contribution < 1.29 is 9.59 Å². The Balaban J connectivity index is 1.84. The van der Waals surface area contributed by atoms with E-state index in [4.69, 9.17) is 0 Å². The summed E-state index contributed by atoms with van der Waals surface area (Å²) in [6.45, 7) is 4.93. The van der Waals surface area contributed by atoms with Gasteiger partial charge in [0, 0.05) is 37.4 Å². The molecule has 3 amide bonds. The van der Waals surface area contributed by atoms with E-state index in [0.717, 1.165) is 42.7 Å². The maximum atomic E-state index is 12.9. The van der Waals surface area contributed by atoms with Crippen molar-refractivity contribution in [3.63, 3.8) is 0 Å². The van der Waals surface area contributed by atoms with E-state index in [1.54, 1.807) is 4.90 Å². The van der Waals surface area contributed by atoms with Crippen molar-refractivity contribution in [2.75, 3.05) is 31.1 Å². The van der Waals surface area contributed by atoms with Crippen molar-refractivity contribution in [1.29, 1.82) is 0 Å². The van der Waals surface area contributed by atoms with Gasteiger partial charge in [0.2, 0.25) is 0 Å². The molecule has 5 heteroatoms. The minimum Gasteiger partial charge on any atom is -0.339 e. The maximum absolute atomic E-state index is 12.9. The highest BCUT2D eigenvalue weighted by Crippen LogP contribution is 2.26. The topological polar surface area (TPSA) is 52.7 Å². The Hall–Kier alpha value is -2.04. The van der Waals surface area contributed by atoms with Gasteiger partial charge in [0.05, 0.1) is 0 Å². The summed E-state index contributed by atoms with van der Waals surface area (Å²) in [5, 5.41) is 2.81. The van der Waals surface area contributed by atoms with E-state index in [-0.39, 0.29) is 11.9 Å². The third kappa shape index (κ3) is 3.33. The van der Waals surface area contributed by atoms with E-state index in [0.29, 0.717) is 13.1 Å². The largest absolute Gasteiger partial charge is 0.339 e. The van der Waals surface area contributed by atoms with Crippen LogP contribution >= 0.6 is 0 Å². The standard InChI is InChI=1S/C18H25N3O2/c1-14-15(17(22)20-11-5-3-2-4-6-12-20)8-7-9-16(14)21-13-10-19-18(21)23/h7-9H,2-6,10-13H2,1H3,(H,19,23). The molecule has 124 valence electrons. The molecule has 0 bridgehead atoms. The second-order valence-electron chi connectivity index (χ2n) is 6.39. The van der Waals surface area contributed by atoms with Gasteiger partial charge in [0.25, 0.3) is 5.91 Å².